The topological polar surface area (TPSA) is 110 Å². The summed E-state index contributed by atoms with van der Waals surface area (Å²) in [5, 5.41) is 0. The monoisotopic (exact) mass is 656 g/mol. The third-order valence-corrected chi connectivity index (χ3v) is 8.35. The van der Waals surface area contributed by atoms with Crippen LogP contribution in [0.1, 0.15) is 163 Å². The zero-order chi connectivity index (χ0) is 32.3. The van der Waals surface area contributed by atoms with E-state index < -0.39 is 27.0 Å². The van der Waals surface area contributed by atoms with Gasteiger partial charge < -0.3 is 14.0 Å². The number of hydrogen-bond donors (Lipinski definition) is 0. The fourth-order valence-corrected chi connectivity index (χ4v) is 5.43. The molecule has 0 unspecified atom stereocenters. The van der Waals surface area contributed by atoms with Gasteiger partial charge in [0.2, 0.25) is 0 Å². The molecule has 7 nitrogen and oxygen atoms in total. The average molecular weight is 657 g/mol. The van der Waals surface area contributed by atoms with Gasteiger partial charge in [-0.1, -0.05) is 115 Å². The third kappa shape index (κ3) is 22.7. The van der Waals surface area contributed by atoms with Crippen molar-refractivity contribution in [1.29, 1.82) is 0 Å². The molecule has 0 radical (unpaired) electrons. The van der Waals surface area contributed by atoms with Crippen molar-refractivity contribution in [3.63, 3.8) is 0 Å². The predicted octanol–water partition coefficient (Wildman–Crippen LogP) is 6.86. The summed E-state index contributed by atoms with van der Waals surface area (Å²) in [4.78, 5) is 25.0. The maximum Gasteiger partial charge on any atom is 1.00 e. The van der Waals surface area contributed by atoms with Crippen molar-refractivity contribution in [3.05, 3.63) is 53.6 Å². The van der Waals surface area contributed by atoms with E-state index in [9.17, 15) is 22.6 Å². The Morgan fingerprint density at radius 2 is 0.978 bits per heavy atom. The van der Waals surface area contributed by atoms with Crippen molar-refractivity contribution in [2.75, 3.05) is 13.2 Å². The van der Waals surface area contributed by atoms with E-state index in [1.165, 1.54) is 51.4 Å². The van der Waals surface area contributed by atoms with Gasteiger partial charge in [0.15, 0.2) is 0 Å². The number of ether oxygens (including phenoxy) is 2. The maximum absolute atomic E-state index is 12.8. The Kier molecular flexibility index (Phi) is 27.8. The Hall–Kier alpha value is -1.45. The van der Waals surface area contributed by atoms with E-state index >= 15 is 0 Å². The Morgan fingerprint density at radius 1 is 0.600 bits per heavy atom. The molecule has 250 valence electrons. The molecule has 0 atom stereocenters. The molecule has 1 aromatic rings. The predicted molar refractivity (Wildman–Crippen MR) is 177 cm³/mol. The van der Waals surface area contributed by atoms with Crippen LogP contribution in [0.4, 0.5) is 0 Å². The molecular formula is C36H57NaO7S. The van der Waals surface area contributed by atoms with Crippen LogP contribution in [0, 0.1) is 0 Å². The van der Waals surface area contributed by atoms with Gasteiger partial charge in [0, 0.05) is 0 Å². The summed E-state index contributed by atoms with van der Waals surface area (Å²) in [6, 6.07) is 3.10. The number of hydrogen-bond acceptors (Lipinski definition) is 7. The normalized spacial score (nSPS) is 11.6. The number of allylic oxidation sites excluding steroid dienone is 4. The van der Waals surface area contributed by atoms with Crippen LogP contribution in [-0.4, -0.2) is 38.1 Å². The van der Waals surface area contributed by atoms with E-state index in [1.807, 2.05) is 0 Å². The second kappa shape index (κ2) is 28.7. The van der Waals surface area contributed by atoms with E-state index in [0.717, 1.165) is 82.4 Å². The molecule has 1 rings (SSSR count). The van der Waals surface area contributed by atoms with Gasteiger partial charge in [0.25, 0.3) is 0 Å². The summed E-state index contributed by atoms with van der Waals surface area (Å²) in [6.07, 6.45) is 30.9. The fraction of sp³-hybridized carbons (Fsp3) is 0.667. The second-order valence-electron chi connectivity index (χ2n) is 11.4. The summed E-state index contributed by atoms with van der Waals surface area (Å²) in [5.74, 6) is -1.56. The fourth-order valence-electron chi connectivity index (χ4n) is 4.93. The molecule has 1 aromatic carbocycles. The smallest absolute Gasteiger partial charge is 0.744 e. The first-order valence-corrected chi connectivity index (χ1v) is 18.5. The molecule has 0 aliphatic rings. The van der Waals surface area contributed by atoms with Crippen LogP contribution >= 0.6 is 0 Å². The number of rotatable bonds is 27. The van der Waals surface area contributed by atoms with Crippen molar-refractivity contribution >= 4 is 22.1 Å². The van der Waals surface area contributed by atoms with Gasteiger partial charge in [-0.15, -0.1) is 0 Å². The standard InChI is InChI=1S/C36H58O7S.Na/c1-3-5-7-9-11-13-15-17-19-21-23-25-29-42-35(37)33-28-27-32(44(39,40)41)31-34(33)36(38)43-30-26-24-22-20-18-16-14-12-10-8-6-4-2;/h5-8,27-28,31H,3-4,9-26,29-30H2,1-2H3,(H,39,40,41);/q;+1/p-1/b7-5+,8-6+;. The quantitative estimate of drug-likeness (QED) is 0.0335. The summed E-state index contributed by atoms with van der Waals surface area (Å²) in [7, 11) is -4.81. The van der Waals surface area contributed by atoms with E-state index in [4.69, 9.17) is 9.47 Å². The third-order valence-electron chi connectivity index (χ3n) is 7.52. The number of carbonyl (C=O) groups is 2. The molecule has 0 aliphatic heterocycles. The number of unbranched alkanes of at least 4 members (excludes halogenated alkanes) is 16. The first-order chi connectivity index (χ1) is 21.3. The van der Waals surface area contributed by atoms with Gasteiger partial charge in [-0.3, -0.25) is 0 Å². The molecule has 0 aromatic heterocycles. The Morgan fingerprint density at radius 3 is 1.38 bits per heavy atom. The maximum atomic E-state index is 12.8. The van der Waals surface area contributed by atoms with E-state index in [-0.39, 0.29) is 53.9 Å². The molecule has 9 heteroatoms. The van der Waals surface area contributed by atoms with Crippen LogP contribution in [0.2, 0.25) is 0 Å². The summed E-state index contributed by atoms with van der Waals surface area (Å²) in [5.41, 5.74) is -0.354. The Labute approximate surface area is 296 Å². The minimum absolute atomic E-state index is 0. The average Bonchev–Trinajstić information content (AvgIpc) is 3.00. The SMILES string of the molecule is CC/C=C/CCCCCCCCCCOC(=O)c1ccc(S(=O)(=O)[O-])cc1C(=O)OCCCCCCCCCC/C=C/CC.[Na+]. The first-order valence-electron chi connectivity index (χ1n) is 17.0. The number of esters is 2. The van der Waals surface area contributed by atoms with Crippen LogP contribution < -0.4 is 29.6 Å². The summed E-state index contributed by atoms with van der Waals surface area (Å²) >= 11 is 0. The minimum Gasteiger partial charge on any atom is -0.744 e. The van der Waals surface area contributed by atoms with Crippen molar-refractivity contribution in [2.45, 2.75) is 147 Å². The molecule has 0 saturated heterocycles. The molecule has 0 spiro atoms. The molecule has 0 heterocycles. The molecule has 45 heavy (non-hydrogen) atoms. The van der Waals surface area contributed by atoms with E-state index in [2.05, 4.69) is 38.2 Å². The molecule has 0 N–H and O–H groups in total. The molecule has 0 amide bonds. The van der Waals surface area contributed by atoms with Crippen LogP contribution in [0.5, 0.6) is 0 Å². The number of benzene rings is 1. The molecule has 0 aliphatic carbocycles. The summed E-state index contributed by atoms with van der Waals surface area (Å²) in [6.45, 7) is 4.65. The zero-order valence-corrected chi connectivity index (χ0v) is 31.2. The van der Waals surface area contributed by atoms with Gasteiger partial charge in [0.1, 0.15) is 10.1 Å². The molecule has 0 bridgehead atoms. The van der Waals surface area contributed by atoms with Crippen molar-refractivity contribution < 1.29 is 61.6 Å². The van der Waals surface area contributed by atoms with Gasteiger partial charge in [-0.2, -0.15) is 0 Å². The van der Waals surface area contributed by atoms with Crippen LogP contribution in [0.3, 0.4) is 0 Å². The minimum atomic E-state index is -4.81. The van der Waals surface area contributed by atoms with Crippen LogP contribution in [0.25, 0.3) is 0 Å². The number of carbonyl (C=O) groups excluding carboxylic acids is 2. The Balaban J connectivity index is 0.0000194. The second-order valence-corrected chi connectivity index (χ2v) is 12.8. The van der Waals surface area contributed by atoms with Crippen LogP contribution in [0.15, 0.2) is 47.4 Å². The van der Waals surface area contributed by atoms with E-state index in [1.54, 1.807) is 0 Å². The van der Waals surface area contributed by atoms with E-state index in [0.29, 0.717) is 12.8 Å². The van der Waals surface area contributed by atoms with Crippen molar-refractivity contribution in [2.24, 2.45) is 0 Å². The van der Waals surface area contributed by atoms with Crippen molar-refractivity contribution in [1.82, 2.24) is 0 Å². The Bertz CT molecular complexity index is 1080. The van der Waals surface area contributed by atoms with Gasteiger partial charge >= 0.3 is 41.5 Å². The first kappa shape index (κ1) is 43.5. The van der Waals surface area contributed by atoms with Gasteiger partial charge in [-0.05, 0) is 69.6 Å². The molecule has 0 fully saturated rings. The summed E-state index contributed by atoms with van der Waals surface area (Å²) < 4.78 is 45.4. The molecule has 0 saturated carbocycles. The molecular weight excluding hydrogens is 599 g/mol. The largest absolute Gasteiger partial charge is 1.00 e. The zero-order valence-electron chi connectivity index (χ0n) is 28.4. The van der Waals surface area contributed by atoms with Gasteiger partial charge in [0.05, 0.1) is 29.2 Å². The van der Waals surface area contributed by atoms with Crippen LogP contribution in [-0.2, 0) is 19.6 Å². The van der Waals surface area contributed by atoms with Gasteiger partial charge in [-0.25, -0.2) is 18.0 Å². The van der Waals surface area contributed by atoms with Crippen molar-refractivity contribution in [3.8, 4) is 0 Å².